The maximum Gasteiger partial charge on any atom is 0.274 e. The average Bonchev–Trinajstić information content (AvgIpc) is 2.29. The Hall–Kier alpha value is -1.46. The Balaban J connectivity index is 2.61. The van der Waals surface area contributed by atoms with Gasteiger partial charge in [0.15, 0.2) is 0 Å². The van der Waals surface area contributed by atoms with Gasteiger partial charge in [0.05, 0.1) is 23.7 Å². The summed E-state index contributed by atoms with van der Waals surface area (Å²) in [5.41, 5.74) is 6.19. The zero-order valence-corrected chi connectivity index (χ0v) is 10.2. The van der Waals surface area contributed by atoms with Crippen LogP contribution in [0.25, 0.3) is 0 Å². The second-order valence-corrected chi connectivity index (χ2v) is 4.39. The van der Waals surface area contributed by atoms with E-state index in [1.165, 1.54) is 6.07 Å². The van der Waals surface area contributed by atoms with E-state index < -0.39 is 4.92 Å². The lowest BCUT2D eigenvalue weighted by atomic mass is 10.0. The smallest absolute Gasteiger partial charge is 0.274 e. The zero-order chi connectivity index (χ0) is 12.9. The topological polar surface area (TPSA) is 78.4 Å². The molecule has 94 valence electrons. The summed E-state index contributed by atoms with van der Waals surface area (Å²) in [6.45, 7) is 4.47. The monoisotopic (exact) mass is 238 g/mol. The highest BCUT2D eigenvalue weighted by molar-refractivity contribution is 5.39. The highest BCUT2D eigenvalue weighted by Crippen LogP contribution is 2.19. The van der Waals surface area contributed by atoms with Crippen molar-refractivity contribution in [1.82, 2.24) is 0 Å². The molecule has 0 heterocycles. The fraction of sp³-hybridized carbons (Fsp3) is 0.500. The summed E-state index contributed by atoms with van der Waals surface area (Å²) in [4.78, 5) is 10.4. The molecule has 1 aromatic carbocycles. The van der Waals surface area contributed by atoms with Gasteiger partial charge in [0.25, 0.3) is 5.69 Å². The molecule has 0 bridgehead atoms. The summed E-state index contributed by atoms with van der Waals surface area (Å²) in [6.07, 6.45) is 0.796. The molecule has 5 nitrogen and oxygen atoms in total. The number of nitrogens with zero attached hydrogens (tertiary/aromatic N) is 1. The Morgan fingerprint density at radius 2 is 2.12 bits per heavy atom. The molecule has 1 atom stereocenters. The lowest BCUT2D eigenvalue weighted by Gasteiger charge is -2.22. The van der Waals surface area contributed by atoms with Crippen molar-refractivity contribution in [2.24, 2.45) is 5.73 Å². The van der Waals surface area contributed by atoms with E-state index in [0.29, 0.717) is 12.2 Å². The van der Waals surface area contributed by atoms with Gasteiger partial charge in [-0.05, 0) is 19.4 Å². The van der Waals surface area contributed by atoms with Crippen LogP contribution in [0.15, 0.2) is 24.3 Å². The van der Waals surface area contributed by atoms with Crippen LogP contribution in [0.1, 0.15) is 25.8 Å². The van der Waals surface area contributed by atoms with Crippen molar-refractivity contribution in [2.45, 2.75) is 32.4 Å². The van der Waals surface area contributed by atoms with Crippen molar-refractivity contribution in [2.75, 3.05) is 6.61 Å². The minimum atomic E-state index is -0.403. The predicted molar refractivity (Wildman–Crippen MR) is 65.6 cm³/mol. The van der Waals surface area contributed by atoms with Gasteiger partial charge < -0.3 is 10.5 Å². The quantitative estimate of drug-likeness (QED) is 0.609. The van der Waals surface area contributed by atoms with Crippen molar-refractivity contribution in [3.8, 4) is 0 Å². The normalized spacial score (nSPS) is 14.3. The number of nitro benzene ring substituents is 1. The van der Waals surface area contributed by atoms with Gasteiger partial charge in [0.2, 0.25) is 0 Å². The second kappa shape index (κ2) is 5.75. The minimum absolute atomic E-state index is 0.0859. The molecule has 1 unspecified atom stereocenters. The van der Waals surface area contributed by atoms with Crippen molar-refractivity contribution in [3.05, 3.63) is 39.9 Å². The van der Waals surface area contributed by atoms with E-state index in [9.17, 15) is 10.1 Å². The summed E-state index contributed by atoms with van der Waals surface area (Å²) < 4.78 is 5.44. The molecule has 1 rings (SSSR count). The summed E-state index contributed by atoms with van der Waals surface area (Å²) in [5, 5.41) is 10.8. The molecule has 0 fully saturated rings. The van der Waals surface area contributed by atoms with Crippen LogP contribution >= 0.6 is 0 Å². The summed E-state index contributed by atoms with van der Waals surface area (Å²) in [6, 6.07) is 6.56. The molecule has 2 N–H and O–H groups in total. The summed E-state index contributed by atoms with van der Waals surface area (Å²) in [5.74, 6) is 0. The number of hydrogen-bond acceptors (Lipinski definition) is 4. The maximum atomic E-state index is 10.8. The maximum absolute atomic E-state index is 10.8. The Bertz CT molecular complexity index is 391. The molecule has 0 aliphatic heterocycles. The van der Waals surface area contributed by atoms with E-state index >= 15 is 0 Å². The molecule has 5 heteroatoms. The molecule has 17 heavy (non-hydrogen) atoms. The minimum Gasteiger partial charge on any atom is -0.375 e. The van der Waals surface area contributed by atoms with Gasteiger partial charge in [-0.25, -0.2) is 0 Å². The molecule has 0 saturated heterocycles. The number of nitrogens with two attached hydrogens (primary N) is 1. The molecule has 0 spiro atoms. The third-order valence-corrected chi connectivity index (χ3v) is 2.69. The van der Waals surface area contributed by atoms with Gasteiger partial charge in [-0.1, -0.05) is 19.1 Å². The van der Waals surface area contributed by atoms with Crippen LogP contribution in [0.3, 0.4) is 0 Å². The Labute approximate surface area is 101 Å². The van der Waals surface area contributed by atoms with E-state index in [2.05, 4.69) is 0 Å². The van der Waals surface area contributed by atoms with Crippen LogP contribution in [0, 0.1) is 10.1 Å². The summed E-state index contributed by atoms with van der Waals surface area (Å²) >= 11 is 0. The average molecular weight is 238 g/mol. The number of rotatable bonds is 6. The van der Waals surface area contributed by atoms with Gasteiger partial charge in [0.1, 0.15) is 0 Å². The molecule has 0 aliphatic carbocycles. The molecule has 0 amide bonds. The third-order valence-electron chi connectivity index (χ3n) is 2.69. The zero-order valence-electron chi connectivity index (χ0n) is 10.2. The number of hydrogen-bond donors (Lipinski definition) is 1. The lowest BCUT2D eigenvalue weighted by molar-refractivity contribution is -0.386. The number of para-hydroxylation sites is 1. The predicted octanol–water partition coefficient (Wildman–Crippen LogP) is 2.24. The number of ether oxygens (including phenoxy) is 1. The number of benzene rings is 1. The largest absolute Gasteiger partial charge is 0.375 e. The van der Waals surface area contributed by atoms with E-state index in [1.54, 1.807) is 18.2 Å². The van der Waals surface area contributed by atoms with Gasteiger partial charge in [-0.3, -0.25) is 10.1 Å². The lowest BCUT2D eigenvalue weighted by Crippen LogP contribution is -2.40. The molecular weight excluding hydrogens is 220 g/mol. The molecular formula is C12H18N2O3. The van der Waals surface area contributed by atoms with Gasteiger partial charge in [-0.15, -0.1) is 0 Å². The third kappa shape index (κ3) is 4.13. The van der Waals surface area contributed by atoms with Crippen LogP contribution in [-0.4, -0.2) is 17.1 Å². The molecule has 0 aliphatic rings. The second-order valence-electron chi connectivity index (χ2n) is 4.39. The molecule has 0 saturated carbocycles. The fourth-order valence-electron chi connectivity index (χ4n) is 1.31. The van der Waals surface area contributed by atoms with Gasteiger partial charge in [0, 0.05) is 11.6 Å². The molecule has 0 aromatic heterocycles. The van der Waals surface area contributed by atoms with Crippen LogP contribution in [0.2, 0.25) is 0 Å². The van der Waals surface area contributed by atoms with E-state index in [0.717, 1.165) is 6.42 Å². The summed E-state index contributed by atoms with van der Waals surface area (Å²) in [7, 11) is 0. The van der Waals surface area contributed by atoms with Gasteiger partial charge in [-0.2, -0.15) is 0 Å². The van der Waals surface area contributed by atoms with E-state index in [-0.39, 0.29) is 17.8 Å². The van der Waals surface area contributed by atoms with Crippen LogP contribution in [0.4, 0.5) is 5.69 Å². The highest BCUT2D eigenvalue weighted by atomic mass is 16.6. The number of nitro groups is 1. The Kier molecular flexibility index (Phi) is 4.60. The van der Waals surface area contributed by atoms with Crippen LogP contribution in [-0.2, 0) is 11.3 Å². The first-order valence-electron chi connectivity index (χ1n) is 5.55. The first kappa shape index (κ1) is 13.6. The van der Waals surface area contributed by atoms with E-state index in [4.69, 9.17) is 10.5 Å². The Morgan fingerprint density at radius 3 is 2.71 bits per heavy atom. The molecule has 1 aromatic rings. The van der Waals surface area contributed by atoms with Crippen molar-refractivity contribution in [1.29, 1.82) is 0 Å². The Morgan fingerprint density at radius 1 is 1.47 bits per heavy atom. The van der Waals surface area contributed by atoms with Gasteiger partial charge >= 0.3 is 0 Å². The van der Waals surface area contributed by atoms with Crippen molar-refractivity contribution >= 4 is 5.69 Å². The SMILES string of the molecule is CCC(C)(N)COCc1ccccc1[N+](=O)[O-]. The van der Waals surface area contributed by atoms with Crippen LogP contribution < -0.4 is 5.73 Å². The van der Waals surface area contributed by atoms with E-state index in [1.807, 2.05) is 13.8 Å². The first-order chi connectivity index (χ1) is 7.96. The van der Waals surface area contributed by atoms with Crippen LogP contribution in [0.5, 0.6) is 0 Å². The first-order valence-corrected chi connectivity index (χ1v) is 5.55. The molecule has 0 radical (unpaired) electrons. The fourth-order valence-corrected chi connectivity index (χ4v) is 1.31. The standard InChI is InChI=1S/C12H18N2O3/c1-3-12(2,13)9-17-8-10-6-4-5-7-11(10)14(15)16/h4-7H,3,8-9,13H2,1-2H3. The van der Waals surface area contributed by atoms with Crippen molar-refractivity contribution < 1.29 is 9.66 Å². The highest BCUT2D eigenvalue weighted by Gasteiger charge is 2.17. The van der Waals surface area contributed by atoms with Crippen molar-refractivity contribution in [3.63, 3.8) is 0 Å².